The minimum absolute atomic E-state index is 0.102. The normalized spacial score (nSPS) is 23.2. The Labute approximate surface area is 234 Å². The van der Waals surface area contributed by atoms with Gasteiger partial charge < -0.3 is 19.1 Å². The number of nitro benzene ring substituents is 1. The van der Waals surface area contributed by atoms with E-state index in [-0.39, 0.29) is 42.3 Å². The zero-order chi connectivity index (χ0) is 28.9. The van der Waals surface area contributed by atoms with E-state index in [1.54, 1.807) is 26.0 Å². The summed E-state index contributed by atoms with van der Waals surface area (Å²) < 4.78 is 31.6. The molecule has 2 aromatic rings. The molecule has 214 valence electrons. The molecule has 0 saturated carbocycles. The Morgan fingerprint density at radius 1 is 1.12 bits per heavy atom. The van der Waals surface area contributed by atoms with Crippen LogP contribution < -0.4 is 5.32 Å². The number of dihydropyridines is 1. The first-order valence-electron chi connectivity index (χ1n) is 13.3. The van der Waals surface area contributed by atoms with Crippen LogP contribution in [0.4, 0.5) is 5.69 Å². The van der Waals surface area contributed by atoms with Crippen LogP contribution >= 0.6 is 7.60 Å². The highest BCUT2D eigenvalue weighted by molar-refractivity contribution is 7.58. The maximum atomic E-state index is 14.2. The van der Waals surface area contributed by atoms with E-state index in [1.807, 2.05) is 49.2 Å². The maximum Gasteiger partial charge on any atom is 0.360 e. The van der Waals surface area contributed by atoms with Crippen molar-refractivity contribution < 1.29 is 28.1 Å². The molecule has 0 aliphatic carbocycles. The standard InChI is InChI=1S/C29H36N3O7P/c1-5-22-18-38-40(36,39-19-22)28-21(3)30-20(2)26(27(28)24-12-9-13-25(16-24)32(34)35)29(33)37-15-14-31(4)17-23-10-7-6-8-11-23/h6-13,16,22,27,30H,5,14-15,17-19H2,1-4H3. The molecule has 2 aliphatic rings. The van der Waals surface area contributed by atoms with Crippen molar-refractivity contribution in [3.8, 4) is 0 Å². The fraction of sp³-hybridized carbons (Fsp3) is 0.414. The lowest BCUT2D eigenvalue weighted by atomic mass is 9.86. The predicted molar refractivity (Wildman–Crippen MR) is 151 cm³/mol. The predicted octanol–water partition coefficient (Wildman–Crippen LogP) is 5.73. The Morgan fingerprint density at radius 2 is 1.82 bits per heavy atom. The molecule has 40 heavy (non-hydrogen) atoms. The first-order chi connectivity index (χ1) is 19.1. The Morgan fingerprint density at radius 3 is 2.48 bits per heavy atom. The second-order valence-corrected chi connectivity index (χ2v) is 12.2. The Kier molecular flexibility index (Phi) is 9.58. The van der Waals surface area contributed by atoms with E-state index >= 15 is 0 Å². The number of ether oxygens (including phenoxy) is 1. The highest BCUT2D eigenvalue weighted by Crippen LogP contribution is 2.65. The fourth-order valence-electron chi connectivity index (χ4n) is 4.97. The van der Waals surface area contributed by atoms with Crippen molar-refractivity contribution in [2.24, 2.45) is 5.92 Å². The van der Waals surface area contributed by atoms with E-state index in [0.29, 0.717) is 30.0 Å². The third-order valence-electron chi connectivity index (χ3n) is 7.19. The number of non-ortho nitro benzene ring substituents is 1. The molecule has 0 amide bonds. The molecule has 2 aromatic carbocycles. The van der Waals surface area contributed by atoms with Crippen molar-refractivity contribution in [3.05, 3.63) is 98.1 Å². The number of carbonyl (C=O) groups is 1. The smallest absolute Gasteiger partial charge is 0.360 e. The van der Waals surface area contributed by atoms with Gasteiger partial charge in [-0.1, -0.05) is 49.4 Å². The molecule has 0 aromatic heterocycles. The van der Waals surface area contributed by atoms with Crippen LogP contribution in [-0.4, -0.2) is 49.2 Å². The summed E-state index contributed by atoms with van der Waals surface area (Å²) in [5, 5.41) is 15.0. The van der Waals surface area contributed by atoms with Crippen LogP contribution in [0.3, 0.4) is 0 Å². The van der Waals surface area contributed by atoms with Gasteiger partial charge in [-0.25, -0.2) is 4.79 Å². The topological polar surface area (TPSA) is 120 Å². The molecule has 11 heteroatoms. The quantitative estimate of drug-likeness (QED) is 0.166. The van der Waals surface area contributed by atoms with Crippen LogP contribution in [0.25, 0.3) is 0 Å². The van der Waals surface area contributed by atoms with Gasteiger partial charge in [0.1, 0.15) is 6.61 Å². The van der Waals surface area contributed by atoms with Crippen molar-refractivity contribution in [2.75, 3.05) is 33.4 Å². The Bertz CT molecular complexity index is 1350. The summed E-state index contributed by atoms with van der Waals surface area (Å²) in [6.07, 6.45) is 0.805. The molecule has 2 aliphatic heterocycles. The molecule has 0 spiro atoms. The van der Waals surface area contributed by atoms with E-state index < -0.39 is 24.4 Å². The highest BCUT2D eigenvalue weighted by Gasteiger charge is 2.47. The molecule has 1 saturated heterocycles. The highest BCUT2D eigenvalue weighted by atomic mass is 31.2. The number of esters is 1. The summed E-state index contributed by atoms with van der Waals surface area (Å²) in [7, 11) is -1.90. The summed E-state index contributed by atoms with van der Waals surface area (Å²) in [4.78, 5) is 26.8. The number of nitrogens with one attached hydrogen (secondary N) is 1. The molecule has 0 radical (unpaired) electrons. The number of nitro groups is 1. The van der Waals surface area contributed by atoms with E-state index in [9.17, 15) is 19.5 Å². The third-order valence-corrected chi connectivity index (χ3v) is 9.36. The maximum absolute atomic E-state index is 14.2. The molecule has 1 atom stereocenters. The van der Waals surface area contributed by atoms with Crippen molar-refractivity contribution >= 4 is 19.3 Å². The number of hydrogen-bond acceptors (Lipinski definition) is 9. The molecule has 4 rings (SSSR count). The summed E-state index contributed by atoms with van der Waals surface area (Å²) in [5.74, 6) is -1.42. The second-order valence-electron chi connectivity index (χ2n) is 10.2. The van der Waals surface area contributed by atoms with Gasteiger partial charge in [0.25, 0.3) is 5.69 Å². The van der Waals surface area contributed by atoms with Gasteiger partial charge in [0.15, 0.2) is 0 Å². The zero-order valence-corrected chi connectivity index (χ0v) is 24.2. The van der Waals surface area contributed by atoms with Crippen LogP contribution in [0.2, 0.25) is 0 Å². The molecule has 2 heterocycles. The molecular weight excluding hydrogens is 533 g/mol. The molecule has 1 N–H and O–H groups in total. The van der Waals surface area contributed by atoms with Gasteiger partial charge in [0, 0.05) is 42.5 Å². The van der Waals surface area contributed by atoms with E-state index in [0.717, 1.165) is 12.0 Å². The minimum atomic E-state index is -3.84. The first kappa shape index (κ1) is 29.7. The first-order valence-corrected chi connectivity index (χ1v) is 14.9. The average molecular weight is 570 g/mol. The second kappa shape index (κ2) is 12.9. The minimum Gasteiger partial charge on any atom is -0.461 e. The molecule has 10 nitrogen and oxygen atoms in total. The van der Waals surface area contributed by atoms with Crippen molar-refractivity contribution in [3.63, 3.8) is 0 Å². The van der Waals surface area contributed by atoms with Gasteiger partial charge >= 0.3 is 13.6 Å². The summed E-state index contributed by atoms with van der Waals surface area (Å²) in [6.45, 7) is 7.29. The van der Waals surface area contributed by atoms with Gasteiger partial charge in [-0.15, -0.1) is 0 Å². The Balaban J connectivity index is 1.62. The molecule has 1 fully saturated rings. The zero-order valence-electron chi connectivity index (χ0n) is 23.3. The summed E-state index contributed by atoms with van der Waals surface area (Å²) in [6, 6.07) is 16.0. The summed E-state index contributed by atoms with van der Waals surface area (Å²) >= 11 is 0. The number of carbonyl (C=O) groups excluding carboxylic acids is 1. The molecule has 0 bridgehead atoms. The number of benzene rings is 2. The van der Waals surface area contributed by atoms with Crippen LogP contribution in [0.15, 0.2) is 76.9 Å². The lowest BCUT2D eigenvalue weighted by Crippen LogP contribution is -2.32. The molecular formula is C29H36N3O7P. The van der Waals surface area contributed by atoms with Gasteiger partial charge in [-0.3, -0.25) is 19.6 Å². The van der Waals surface area contributed by atoms with Crippen molar-refractivity contribution in [2.45, 2.75) is 39.7 Å². The average Bonchev–Trinajstić information content (AvgIpc) is 2.93. The van der Waals surface area contributed by atoms with Gasteiger partial charge in [0.2, 0.25) is 0 Å². The lowest BCUT2D eigenvalue weighted by molar-refractivity contribution is -0.384. The number of nitrogens with zero attached hydrogens (tertiary/aromatic N) is 2. The van der Waals surface area contributed by atoms with Crippen molar-refractivity contribution in [1.82, 2.24) is 10.2 Å². The number of rotatable bonds is 10. The van der Waals surface area contributed by atoms with E-state index in [4.69, 9.17) is 13.8 Å². The largest absolute Gasteiger partial charge is 0.461 e. The van der Waals surface area contributed by atoms with Crippen LogP contribution in [0.5, 0.6) is 0 Å². The summed E-state index contributed by atoms with van der Waals surface area (Å²) in [5.41, 5.74) is 2.67. The van der Waals surface area contributed by atoms with E-state index in [2.05, 4.69) is 5.32 Å². The van der Waals surface area contributed by atoms with Crippen LogP contribution in [0.1, 0.15) is 44.2 Å². The lowest BCUT2D eigenvalue weighted by Gasteiger charge is -2.37. The van der Waals surface area contributed by atoms with Gasteiger partial charge in [0.05, 0.1) is 34.9 Å². The van der Waals surface area contributed by atoms with Gasteiger partial charge in [-0.05, 0) is 38.4 Å². The SMILES string of the molecule is CCC1COP(=O)(C2=C(C)NC(C)=C(C(=O)OCCN(C)Cc3ccccc3)C2c2cccc([N+](=O)[O-])c2)OC1. The molecule has 1 unspecified atom stereocenters. The van der Waals surface area contributed by atoms with Crippen LogP contribution in [0, 0.1) is 16.0 Å². The number of likely N-dealkylation sites (N-methyl/N-ethyl adjacent to an activating group) is 1. The monoisotopic (exact) mass is 569 g/mol. The fourth-order valence-corrected chi connectivity index (χ4v) is 7.20. The van der Waals surface area contributed by atoms with Crippen molar-refractivity contribution in [1.29, 1.82) is 0 Å². The van der Waals surface area contributed by atoms with Gasteiger partial charge in [-0.2, -0.15) is 0 Å². The van der Waals surface area contributed by atoms with E-state index in [1.165, 1.54) is 12.1 Å². The third kappa shape index (κ3) is 6.70. The number of allylic oxidation sites excluding steroid dienone is 3. The Hall–Kier alpha value is -3.30. The van der Waals surface area contributed by atoms with Crippen LogP contribution in [-0.2, 0) is 29.7 Å². The number of hydrogen-bond donors (Lipinski definition) is 1.